The van der Waals surface area contributed by atoms with E-state index in [1.165, 1.54) is 0 Å². The SMILES string of the molecule is CCNC(c1cccc(Cl)c1C)c1c(OC)cnn1C. The summed E-state index contributed by atoms with van der Waals surface area (Å²) in [7, 11) is 3.58. The summed E-state index contributed by atoms with van der Waals surface area (Å²) in [6, 6.07) is 5.96. The largest absolute Gasteiger partial charge is 0.493 e. The van der Waals surface area contributed by atoms with Crippen LogP contribution >= 0.6 is 11.6 Å². The first-order chi connectivity index (χ1) is 9.60. The second kappa shape index (κ2) is 6.29. The summed E-state index contributed by atoms with van der Waals surface area (Å²) in [6.45, 7) is 4.95. The van der Waals surface area contributed by atoms with Crippen LogP contribution in [0.4, 0.5) is 0 Å². The van der Waals surface area contributed by atoms with Gasteiger partial charge in [-0.05, 0) is 30.7 Å². The Morgan fingerprint density at radius 2 is 2.20 bits per heavy atom. The van der Waals surface area contributed by atoms with E-state index in [4.69, 9.17) is 16.3 Å². The molecule has 0 radical (unpaired) electrons. The van der Waals surface area contributed by atoms with Gasteiger partial charge in [0.15, 0.2) is 5.75 Å². The molecule has 20 heavy (non-hydrogen) atoms. The van der Waals surface area contributed by atoms with Crippen LogP contribution in [0.15, 0.2) is 24.4 Å². The molecule has 2 aromatic rings. The van der Waals surface area contributed by atoms with Crippen LogP contribution in [-0.4, -0.2) is 23.4 Å². The van der Waals surface area contributed by atoms with E-state index >= 15 is 0 Å². The van der Waals surface area contributed by atoms with E-state index in [2.05, 4.69) is 23.4 Å². The Balaban J connectivity index is 2.56. The smallest absolute Gasteiger partial charge is 0.161 e. The summed E-state index contributed by atoms with van der Waals surface area (Å²) in [4.78, 5) is 0. The predicted molar refractivity (Wildman–Crippen MR) is 81.5 cm³/mol. The fourth-order valence-electron chi connectivity index (χ4n) is 2.41. The molecule has 108 valence electrons. The number of ether oxygens (including phenoxy) is 1. The van der Waals surface area contributed by atoms with Crippen molar-refractivity contribution in [2.24, 2.45) is 7.05 Å². The Kier molecular flexibility index (Phi) is 4.68. The van der Waals surface area contributed by atoms with E-state index in [1.807, 2.05) is 30.8 Å². The van der Waals surface area contributed by atoms with Crippen LogP contribution in [-0.2, 0) is 7.05 Å². The molecule has 5 heteroatoms. The molecule has 1 aromatic carbocycles. The summed E-state index contributed by atoms with van der Waals surface area (Å²) in [5.41, 5.74) is 3.21. The maximum Gasteiger partial charge on any atom is 0.161 e. The third-order valence-corrected chi connectivity index (χ3v) is 3.88. The fraction of sp³-hybridized carbons (Fsp3) is 0.400. The number of hydrogen-bond donors (Lipinski definition) is 1. The van der Waals surface area contributed by atoms with Crippen molar-refractivity contribution in [1.29, 1.82) is 0 Å². The van der Waals surface area contributed by atoms with Crippen molar-refractivity contribution in [2.45, 2.75) is 19.9 Å². The number of aromatic nitrogens is 2. The van der Waals surface area contributed by atoms with Crippen molar-refractivity contribution in [3.05, 3.63) is 46.2 Å². The molecular formula is C15H20ClN3O. The molecule has 2 rings (SSSR count). The third kappa shape index (κ3) is 2.67. The number of hydrogen-bond acceptors (Lipinski definition) is 3. The monoisotopic (exact) mass is 293 g/mol. The molecule has 0 spiro atoms. The van der Waals surface area contributed by atoms with Crippen molar-refractivity contribution in [1.82, 2.24) is 15.1 Å². The molecule has 1 N–H and O–H groups in total. The quantitative estimate of drug-likeness (QED) is 0.921. The second-order valence-electron chi connectivity index (χ2n) is 4.67. The molecule has 0 amide bonds. The summed E-state index contributed by atoms with van der Waals surface area (Å²) in [5, 5.41) is 8.54. The first kappa shape index (κ1) is 14.9. The summed E-state index contributed by atoms with van der Waals surface area (Å²) in [5.74, 6) is 0.776. The molecule has 0 aliphatic rings. The number of benzene rings is 1. The zero-order chi connectivity index (χ0) is 14.7. The highest BCUT2D eigenvalue weighted by Crippen LogP contribution is 2.33. The van der Waals surface area contributed by atoms with Gasteiger partial charge in [0.1, 0.15) is 5.69 Å². The number of methoxy groups -OCH3 is 1. The lowest BCUT2D eigenvalue weighted by Crippen LogP contribution is -2.25. The molecule has 0 fully saturated rings. The van der Waals surface area contributed by atoms with Gasteiger partial charge in [0.05, 0.1) is 19.3 Å². The van der Waals surface area contributed by atoms with Gasteiger partial charge in [-0.2, -0.15) is 5.10 Å². The highest BCUT2D eigenvalue weighted by atomic mass is 35.5. The Labute approximate surface area is 124 Å². The molecule has 1 atom stereocenters. The third-order valence-electron chi connectivity index (χ3n) is 3.47. The minimum atomic E-state index is 0.00106. The van der Waals surface area contributed by atoms with Crippen molar-refractivity contribution in [3.63, 3.8) is 0 Å². The van der Waals surface area contributed by atoms with Crippen molar-refractivity contribution in [3.8, 4) is 5.75 Å². The van der Waals surface area contributed by atoms with Crippen LogP contribution in [0.5, 0.6) is 5.75 Å². The van der Waals surface area contributed by atoms with Gasteiger partial charge in [0, 0.05) is 12.1 Å². The maximum atomic E-state index is 6.25. The van der Waals surface area contributed by atoms with E-state index in [0.717, 1.165) is 34.1 Å². The number of rotatable bonds is 5. The van der Waals surface area contributed by atoms with E-state index < -0.39 is 0 Å². The molecule has 0 saturated carbocycles. The molecular weight excluding hydrogens is 274 g/mol. The lowest BCUT2D eigenvalue weighted by molar-refractivity contribution is 0.401. The minimum Gasteiger partial charge on any atom is -0.493 e. The molecule has 1 heterocycles. The van der Waals surface area contributed by atoms with E-state index in [0.29, 0.717) is 0 Å². The Bertz CT molecular complexity index is 595. The number of nitrogens with zero attached hydrogens (tertiary/aromatic N) is 2. The number of aryl methyl sites for hydroxylation is 1. The summed E-state index contributed by atoms with van der Waals surface area (Å²) in [6.07, 6.45) is 1.74. The van der Waals surface area contributed by atoms with Crippen molar-refractivity contribution < 1.29 is 4.74 Å². The minimum absolute atomic E-state index is 0.00106. The molecule has 0 aliphatic heterocycles. The zero-order valence-electron chi connectivity index (χ0n) is 12.3. The highest BCUT2D eigenvalue weighted by Gasteiger charge is 2.23. The maximum absolute atomic E-state index is 6.25. The van der Waals surface area contributed by atoms with Crippen molar-refractivity contribution in [2.75, 3.05) is 13.7 Å². The lowest BCUT2D eigenvalue weighted by Gasteiger charge is -2.22. The van der Waals surface area contributed by atoms with Gasteiger partial charge < -0.3 is 10.1 Å². The van der Waals surface area contributed by atoms with E-state index in [1.54, 1.807) is 13.3 Å². The van der Waals surface area contributed by atoms with E-state index in [9.17, 15) is 0 Å². The number of halogens is 1. The van der Waals surface area contributed by atoms with Crippen LogP contribution < -0.4 is 10.1 Å². The van der Waals surface area contributed by atoms with Crippen LogP contribution in [0.2, 0.25) is 5.02 Å². The second-order valence-corrected chi connectivity index (χ2v) is 5.07. The van der Waals surface area contributed by atoms with Gasteiger partial charge >= 0.3 is 0 Å². The van der Waals surface area contributed by atoms with Gasteiger partial charge in [-0.3, -0.25) is 4.68 Å². The molecule has 0 bridgehead atoms. The van der Waals surface area contributed by atoms with Gasteiger partial charge in [-0.25, -0.2) is 0 Å². The number of nitrogens with one attached hydrogen (secondary N) is 1. The lowest BCUT2D eigenvalue weighted by atomic mass is 9.98. The standard InChI is InChI=1S/C15H20ClN3O/c1-5-17-14(11-7-6-8-12(16)10(11)2)15-13(20-4)9-18-19(15)3/h6-9,14,17H,5H2,1-4H3. The zero-order valence-corrected chi connectivity index (χ0v) is 13.0. The highest BCUT2D eigenvalue weighted by molar-refractivity contribution is 6.31. The van der Waals surface area contributed by atoms with Crippen LogP contribution in [0.1, 0.15) is 29.8 Å². The van der Waals surface area contributed by atoms with Crippen molar-refractivity contribution >= 4 is 11.6 Å². The summed E-state index contributed by atoms with van der Waals surface area (Å²) < 4.78 is 7.27. The summed E-state index contributed by atoms with van der Waals surface area (Å²) >= 11 is 6.25. The molecule has 4 nitrogen and oxygen atoms in total. The van der Waals surface area contributed by atoms with Crippen LogP contribution in [0.25, 0.3) is 0 Å². The Hall–Kier alpha value is -1.52. The molecule has 0 saturated heterocycles. The molecule has 1 aromatic heterocycles. The van der Waals surface area contributed by atoms with Gasteiger partial charge in [-0.1, -0.05) is 30.7 Å². The normalized spacial score (nSPS) is 12.4. The van der Waals surface area contributed by atoms with Gasteiger partial charge in [-0.15, -0.1) is 0 Å². The topological polar surface area (TPSA) is 39.1 Å². The average Bonchev–Trinajstić information content (AvgIpc) is 2.81. The van der Waals surface area contributed by atoms with E-state index in [-0.39, 0.29) is 6.04 Å². The Morgan fingerprint density at radius 1 is 1.45 bits per heavy atom. The van der Waals surface area contributed by atoms with Gasteiger partial charge in [0.25, 0.3) is 0 Å². The van der Waals surface area contributed by atoms with Crippen LogP contribution in [0.3, 0.4) is 0 Å². The molecule has 0 aliphatic carbocycles. The van der Waals surface area contributed by atoms with Crippen LogP contribution in [0, 0.1) is 6.92 Å². The Morgan fingerprint density at radius 3 is 2.85 bits per heavy atom. The predicted octanol–water partition coefficient (Wildman–Crippen LogP) is 3.09. The average molecular weight is 294 g/mol. The van der Waals surface area contributed by atoms with Gasteiger partial charge in [0.2, 0.25) is 0 Å². The fourth-order valence-corrected chi connectivity index (χ4v) is 2.59. The first-order valence-electron chi connectivity index (χ1n) is 6.64. The molecule has 1 unspecified atom stereocenters. The first-order valence-corrected chi connectivity index (χ1v) is 7.02.